The molecule has 3 aromatic rings. The Morgan fingerprint density at radius 2 is 1.95 bits per heavy atom. The van der Waals surface area contributed by atoms with Crippen molar-refractivity contribution in [3.05, 3.63) is 65.9 Å². The average Bonchev–Trinajstić information content (AvgIpc) is 2.77. The minimum atomic E-state index is -0.476. The fraction of sp³-hybridized carbons (Fsp3) is 0.133. The van der Waals surface area contributed by atoms with Gasteiger partial charge in [-0.15, -0.1) is 0 Å². The molecule has 3 rings (SSSR count). The molecule has 0 radical (unpaired) electrons. The van der Waals surface area contributed by atoms with Crippen molar-refractivity contribution in [3.63, 3.8) is 0 Å². The molecule has 96 valence electrons. The highest BCUT2D eigenvalue weighted by molar-refractivity contribution is 5.83. The predicted molar refractivity (Wildman–Crippen MR) is 71.2 cm³/mol. The van der Waals surface area contributed by atoms with Crippen LogP contribution in [0.1, 0.15) is 11.3 Å². The number of halogens is 1. The highest BCUT2D eigenvalue weighted by atomic mass is 19.1. The van der Waals surface area contributed by atoms with E-state index in [9.17, 15) is 9.50 Å². The van der Waals surface area contributed by atoms with Crippen LogP contribution in [0.2, 0.25) is 0 Å². The Labute approximate surface area is 109 Å². The van der Waals surface area contributed by atoms with Gasteiger partial charge in [-0.3, -0.25) is 0 Å². The smallest absolute Gasteiger partial charge is 0.213 e. The maximum absolute atomic E-state index is 13.1. The summed E-state index contributed by atoms with van der Waals surface area (Å²) in [5.74, 6) is -0.476. The third kappa shape index (κ3) is 2.22. The fourth-order valence-corrected chi connectivity index (χ4v) is 2.29. The zero-order valence-corrected chi connectivity index (χ0v) is 10.3. The van der Waals surface area contributed by atoms with Crippen LogP contribution in [0.25, 0.3) is 10.9 Å². The van der Waals surface area contributed by atoms with E-state index >= 15 is 0 Å². The molecule has 2 aromatic heterocycles. The van der Waals surface area contributed by atoms with Crippen molar-refractivity contribution in [2.45, 2.75) is 13.2 Å². The molecule has 0 aliphatic heterocycles. The van der Waals surface area contributed by atoms with Crippen molar-refractivity contribution in [2.24, 2.45) is 0 Å². The Morgan fingerprint density at radius 3 is 2.74 bits per heavy atom. The topological polar surface area (TPSA) is 38.0 Å². The van der Waals surface area contributed by atoms with Crippen LogP contribution in [0.5, 0.6) is 0 Å². The monoisotopic (exact) mass is 256 g/mol. The molecule has 0 spiro atoms. The van der Waals surface area contributed by atoms with Gasteiger partial charge in [0.15, 0.2) is 0 Å². The first-order chi connectivity index (χ1) is 9.28. The molecule has 0 saturated heterocycles. The summed E-state index contributed by atoms with van der Waals surface area (Å²) in [5.41, 5.74) is 2.54. The molecule has 0 bridgehead atoms. The van der Waals surface area contributed by atoms with Crippen molar-refractivity contribution in [3.8, 4) is 0 Å². The zero-order chi connectivity index (χ0) is 13.2. The molecule has 0 unspecified atom stereocenters. The van der Waals surface area contributed by atoms with Gasteiger partial charge in [-0.2, -0.15) is 4.39 Å². The Balaban J connectivity index is 2.06. The summed E-state index contributed by atoms with van der Waals surface area (Å²) < 4.78 is 15.1. The van der Waals surface area contributed by atoms with Crippen molar-refractivity contribution >= 4 is 10.9 Å². The van der Waals surface area contributed by atoms with Gasteiger partial charge in [-0.05, 0) is 18.2 Å². The molecule has 0 aliphatic carbocycles. The van der Waals surface area contributed by atoms with Crippen LogP contribution < -0.4 is 0 Å². The van der Waals surface area contributed by atoms with Gasteiger partial charge < -0.3 is 9.67 Å². The molecular formula is C15H13FN2O. The van der Waals surface area contributed by atoms with Gasteiger partial charge in [0.25, 0.3) is 0 Å². The quantitative estimate of drug-likeness (QED) is 0.732. The second kappa shape index (κ2) is 4.82. The number of rotatable bonds is 3. The number of pyridine rings is 1. The molecule has 3 nitrogen and oxygen atoms in total. The number of aromatic nitrogens is 2. The summed E-state index contributed by atoms with van der Waals surface area (Å²) in [4.78, 5) is 3.86. The van der Waals surface area contributed by atoms with E-state index in [0.29, 0.717) is 12.2 Å². The van der Waals surface area contributed by atoms with Crippen molar-refractivity contribution in [2.75, 3.05) is 0 Å². The van der Waals surface area contributed by atoms with Gasteiger partial charge >= 0.3 is 0 Å². The number of hydrogen-bond donors (Lipinski definition) is 1. The number of benzene rings is 1. The van der Waals surface area contributed by atoms with E-state index in [4.69, 9.17) is 0 Å². The predicted octanol–water partition coefficient (Wildman–Crippen LogP) is 2.72. The summed E-state index contributed by atoms with van der Waals surface area (Å²) in [6, 6.07) is 12.6. The summed E-state index contributed by atoms with van der Waals surface area (Å²) in [7, 11) is 0. The third-order valence-corrected chi connectivity index (χ3v) is 3.15. The molecule has 0 fully saturated rings. The molecule has 0 amide bonds. The van der Waals surface area contributed by atoms with Crippen LogP contribution in [0.4, 0.5) is 4.39 Å². The lowest BCUT2D eigenvalue weighted by atomic mass is 10.2. The number of aliphatic hydroxyl groups excluding tert-OH is 1. The molecular weight excluding hydrogens is 243 g/mol. The molecule has 2 heterocycles. The summed E-state index contributed by atoms with van der Waals surface area (Å²) >= 11 is 0. The normalized spacial score (nSPS) is 11.1. The Morgan fingerprint density at radius 1 is 1.11 bits per heavy atom. The highest BCUT2D eigenvalue weighted by Gasteiger charge is 2.08. The lowest BCUT2D eigenvalue weighted by Crippen LogP contribution is -2.01. The highest BCUT2D eigenvalue weighted by Crippen LogP contribution is 2.22. The van der Waals surface area contributed by atoms with Crippen molar-refractivity contribution in [1.29, 1.82) is 0 Å². The molecule has 19 heavy (non-hydrogen) atoms. The molecule has 0 atom stereocenters. The largest absolute Gasteiger partial charge is 0.392 e. The first-order valence-corrected chi connectivity index (χ1v) is 6.07. The van der Waals surface area contributed by atoms with E-state index in [1.807, 2.05) is 35.0 Å². The van der Waals surface area contributed by atoms with Gasteiger partial charge in [0.05, 0.1) is 18.8 Å². The summed E-state index contributed by atoms with van der Waals surface area (Å²) in [6.45, 7) is 0.475. The van der Waals surface area contributed by atoms with E-state index in [1.165, 1.54) is 6.07 Å². The lowest BCUT2D eigenvalue weighted by Gasteiger charge is -2.04. The van der Waals surface area contributed by atoms with Crippen LogP contribution in [-0.2, 0) is 13.2 Å². The second-order valence-corrected chi connectivity index (χ2v) is 4.41. The minimum absolute atomic E-state index is 0.00983. The Bertz CT molecular complexity index is 721. The number of para-hydroxylation sites is 1. The van der Waals surface area contributed by atoms with E-state index in [0.717, 1.165) is 16.5 Å². The Kier molecular flexibility index (Phi) is 3.01. The first kappa shape index (κ1) is 11.9. The van der Waals surface area contributed by atoms with Crippen LogP contribution >= 0.6 is 0 Å². The minimum Gasteiger partial charge on any atom is -0.392 e. The second-order valence-electron chi connectivity index (χ2n) is 4.41. The zero-order valence-electron chi connectivity index (χ0n) is 10.3. The first-order valence-electron chi connectivity index (χ1n) is 6.07. The van der Waals surface area contributed by atoms with E-state index in [-0.39, 0.29) is 6.61 Å². The maximum Gasteiger partial charge on any atom is 0.213 e. The lowest BCUT2D eigenvalue weighted by molar-refractivity contribution is 0.283. The van der Waals surface area contributed by atoms with E-state index in [2.05, 4.69) is 4.98 Å². The fourth-order valence-electron chi connectivity index (χ4n) is 2.29. The van der Waals surface area contributed by atoms with Crippen LogP contribution in [-0.4, -0.2) is 14.7 Å². The van der Waals surface area contributed by atoms with Crippen molar-refractivity contribution in [1.82, 2.24) is 9.55 Å². The molecule has 1 aromatic carbocycles. The molecule has 1 N–H and O–H groups in total. The van der Waals surface area contributed by atoms with Crippen LogP contribution in [0.3, 0.4) is 0 Å². The standard InChI is InChI=1S/C15H13FN2O/c16-15-7-3-4-12(17-15)9-18-8-11(10-19)13-5-1-2-6-14(13)18/h1-8,19H,9-10H2. The molecule has 0 saturated carbocycles. The molecule has 4 heteroatoms. The molecule has 0 aliphatic rings. The van der Waals surface area contributed by atoms with Gasteiger partial charge in [-0.25, -0.2) is 4.98 Å². The van der Waals surface area contributed by atoms with Gasteiger partial charge in [-0.1, -0.05) is 24.3 Å². The number of aliphatic hydroxyl groups is 1. The van der Waals surface area contributed by atoms with Crippen LogP contribution in [0, 0.1) is 5.95 Å². The maximum atomic E-state index is 13.1. The van der Waals surface area contributed by atoms with Gasteiger partial charge in [0, 0.05) is 22.7 Å². The van der Waals surface area contributed by atoms with Gasteiger partial charge in [0.2, 0.25) is 5.95 Å². The van der Waals surface area contributed by atoms with Crippen LogP contribution in [0.15, 0.2) is 48.7 Å². The van der Waals surface area contributed by atoms with E-state index in [1.54, 1.807) is 12.1 Å². The SMILES string of the molecule is OCc1cn(Cc2cccc(F)n2)c2ccccc12. The number of fused-ring (bicyclic) bond motifs is 1. The third-order valence-electron chi connectivity index (χ3n) is 3.15. The summed E-state index contributed by atoms with van der Waals surface area (Å²) in [5, 5.41) is 10.4. The number of nitrogens with zero attached hydrogens (tertiary/aromatic N) is 2. The van der Waals surface area contributed by atoms with E-state index < -0.39 is 5.95 Å². The average molecular weight is 256 g/mol. The Hall–Kier alpha value is -2.20. The summed E-state index contributed by atoms with van der Waals surface area (Å²) in [6.07, 6.45) is 1.89. The number of hydrogen-bond acceptors (Lipinski definition) is 2. The van der Waals surface area contributed by atoms with Crippen molar-refractivity contribution < 1.29 is 9.50 Å². The van der Waals surface area contributed by atoms with Gasteiger partial charge in [0.1, 0.15) is 0 Å².